The van der Waals surface area contributed by atoms with Crippen molar-refractivity contribution < 1.29 is 4.79 Å². The average Bonchev–Trinajstić information content (AvgIpc) is 2.44. The molecule has 0 aliphatic heterocycles. The molecule has 0 aliphatic carbocycles. The molecule has 2 rings (SSSR count). The number of carbonyl (C=O) groups is 1. The largest absolute Gasteiger partial charge is 0.347 e. The molecule has 0 saturated heterocycles. The van der Waals surface area contributed by atoms with Crippen LogP contribution in [0.3, 0.4) is 0 Å². The van der Waals surface area contributed by atoms with Gasteiger partial charge in [-0.25, -0.2) is 0 Å². The highest BCUT2D eigenvalue weighted by Gasteiger charge is 1.97. The molecule has 1 aromatic heterocycles. The Morgan fingerprint density at radius 3 is 2.89 bits per heavy atom. The van der Waals surface area contributed by atoms with E-state index in [1.54, 1.807) is 24.4 Å². The zero-order valence-corrected chi connectivity index (χ0v) is 11.0. The number of carbonyl (C=O) groups excluding carboxylic acids is 1. The molecule has 0 bridgehead atoms. The number of amides is 1. The van der Waals surface area contributed by atoms with Gasteiger partial charge in [-0.05, 0) is 35.9 Å². The summed E-state index contributed by atoms with van der Waals surface area (Å²) in [7, 11) is 0. The van der Waals surface area contributed by atoms with Gasteiger partial charge in [-0.2, -0.15) is 0 Å². The van der Waals surface area contributed by atoms with Crippen molar-refractivity contribution in [3.05, 3.63) is 71.0 Å². The van der Waals surface area contributed by atoms with Crippen LogP contribution in [0, 0.1) is 0 Å². The Morgan fingerprint density at radius 1 is 1.26 bits per heavy atom. The third kappa shape index (κ3) is 4.56. The Hall–Kier alpha value is -2.13. The number of benzene rings is 1. The summed E-state index contributed by atoms with van der Waals surface area (Å²) in [5, 5.41) is 3.41. The Balaban J connectivity index is 1.88. The molecule has 2 aromatic rings. The SMILES string of the molecule is O=C(/C=C/c1cccc(Cl)c1)NCc1ccccn1. The summed E-state index contributed by atoms with van der Waals surface area (Å²) in [6.07, 6.45) is 4.90. The minimum absolute atomic E-state index is 0.161. The van der Waals surface area contributed by atoms with Crippen LogP contribution in [0.2, 0.25) is 5.02 Å². The Bertz CT molecular complexity index is 582. The molecule has 96 valence electrons. The lowest BCUT2D eigenvalue weighted by molar-refractivity contribution is -0.116. The molecule has 0 atom stereocenters. The summed E-state index contributed by atoms with van der Waals surface area (Å²) < 4.78 is 0. The molecule has 0 unspecified atom stereocenters. The predicted octanol–water partition coefficient (Wildman–Crippen LogP) is 3.06. The minimum atomic E-state index is -0.161. The lowest BCUT2D eigenvalue weighted by Crippen LogP contribution is -2.20. The monoisotopic (exact) mass is 272 g/mol. The molecule has 0 spiro atoms. The fraction of sp³-hybridized carbons (Fsp3) is 0.0667. The number of rotatable bonds is 4. The number of nitrogens with zero attached hydrogens (tertiary/aromatic N) is 1. The van der Waals surface area contributed by atoms with E-state index < -0.39 is 0 Å². The van der Waals surface area contributed by atoms with Gasteiger partial charge >= 0.3 is 0 Å². The van der Waals surface area contributed by atoms with Gasteiger partial charge in [-0.15, -0.1) is 0 Å². The van der Waals surface area contributed by atoms with Crippen molar-refractivity contribution in [3.63, 3.8) is 0 Å². The smallest absolute Gasteiger partial charge is 0.244 e. The second-order valence-corrected chi connectivity index (χ2v) is 4.36. The Morgan fingerprint density at radius 2 is 2.16 bits per heavy atom. The van der Waals surface area contributed by atoms with E-state index >= 15 is 0 Å². The number of hydrogen-bond donors (Lipinski definition) is 1. The number of nitrogens with one attached hydrogen (secondary N) is 1. The summed E-state index contributed by atoms with van der Waals surface area (Å²) in [5.74, 6) is -0.161. The highest BCUT2D eigenvalue weighted by molar-refractivity contribution is 6.30. The molecule has 1 N–H and O–H groups in total. The highest BCUT2D eigenvalue weighted by atomic mass is 35.5. The quantitative estimate of drug-likeness (QED) is 0.869. The maximum atomic E-state index is 11.6. The second-order valence-electron chi connectivity index (χ2n) is 3.93. The number of pyridine rings is 1. The first-order valence-corrected chi connectivity index (χ1v) is 6.23. The molecule has 0 fully saturated rings. The van der Waals surface area contributed by atoms with Crippen molar-refractivity contribution in [1.29, 1.82) is 0 Å². The molecule has 4 heteroatoms. The first-order chi connectivity index (χ1) is 9.24. The lowest BCUT2D eigenvalue weighted by atomic mass is 10.2. The first kappa shape index (κ1) is 13.3. The van der Waals surface area contributed by atoms with Gasteiger partial charge in [0.2, 0.25) is 5.91 Å². The zero-order valence-electron chi connectivity index (χ0n) is 10.2. The maximum Gasteiger partial charge on any atom is 0.244 e. The molecule has 19 heavy (non-hydrogen) atoms. The Kier molecular flexibility index (Phi) is 4.70. The van der Waals surface area contributed by atoms with E-state index in [0.717, 1.165) is 11.3 Å². The fourth-order valence-electron chi connectivity index (χ4n) is 1.52. The van der Waals surface area contributed by atoms with E-state index in [4.69, 9.17) is 11.6 Å². The van der Waals surface area contributed by atoms with E-state index in [2.05, 4.69) is 10.3 Å². The number of aromatic nitrogens is 1. The van der Waals surface area contributed by atoms with Crippen molar-refractivity contribution in [1.82, 2.24) is 10.3 Å². The number of halogens is 1. The molecule has 1 aromatic carbocycles. The van der Waals surface area contributed by atoms with Crippen molar-refractivity contribution in [2.24, 2.45) is 0 Å². The molecule has 0 aliphatic rings. The second kappa shape index (κ2) is 6.71. The molecule has 1 amide bonds. The van der Waals surface area contributed by atoms with Crippen LogP contribution in [0.15, 0.2) is 54.7 Å². The topological polar surface area (TPSA) is 42.0 Å². The van der Waals surface area contributed by atoms with Gasteiger partial charge in [0, 0.05) is 17.3 Å². The molecule has 3 nitrogen and oxygen atoms in total. The molecule has 1 heterocycles. The molecule has 0 radical (unpaired) electrons. The van der Waals surface area contributed by atoms with Gasteiger partial charge in [0.1, 0.15) is 0 Å². The van der Waals surface area contributed by atoms with Crippen LogP contribution in [0.25, 0.3) is 6.08 Å². The van der Waals surface area contributed by atoms with Gasteiger partial charge in [-0.3, -0.25) is 9.78 Å². The fourth-order valence-corrected chi connectivity index (χ4v) is 1.72. The van der Waals surface area contributed by atoms with Crippen LogP contribution >= 0.6 is 11.6 Å². The molecular weight excluding hydrogens is 260 g/mol. The summed E-state index contributed by atoms with van der Waals surface area (Å²) in [6, 6.07) is 12.9. The van der Waals surface area contributed by atoms with Crippen molar-refractivity contribution in [2.75, 3.05) is 0 Å². The van der Waals surface area contributed by atoms with E-state index in [-0.39, 0.29) is 5.91 Å². The van der Waals surface area contributed by atoms with Crippen LogP contribution in [0.4, 0.5) is 0 Å². The van der Waals surface area contributed by atoms with Gasteiger partial charge in [0.15, 0.2) is 0 Å². The van der Waals surface area contributed by atoms with Crippen molar-refractivity contribution >= 4 is 23.6 Å². The molecule has 0 saturated carbocycles. The van der Waals surface area contributed by atoms with Crippen molar-refractivity contribution in [3.8, 4) is 0 Å². The maximum absolute atomic E-state index is 11.6. The van der Waals surface area contributed by atoms with Crippen LogP contribution in [0.5, 0.6) is 0 Å². The molecular formula is C15H13ClN2O. The third-order valence-electron chi connectivity index (χ3n) is 2.45. The minimum Gasteiger partial charge on any atom is -0.347 e. The van der Waals surface area contributed by atoms with Crippen LogP contribution in [-0.2, 0) is 11.3 Å². The van der Waals surface area contributed by atoms with Crippen LogP contribution in [0.1, 0.15) is 11.3 Å². The standard InChI is InChI=1S/C15H13ClN2O/c16-13-5-3-4-12(10-13)7-8-15(19)18-11-14-6-1-2-9-17-14/h1-10H,11H2,(H,18,19)/b8-7+. The van der Waals surface area contributed by atoms with Crippen LogP contribution < -0.4 is 5.32 Å². The summed E-state index contributed by atoms with van der Waals surface area (Å²) in [5.41, 5.74) is 1.72. The first-order valence-electron chi connectivity index (χ1n) is 5.85. The zero-order chi connectivity index (χ0) is 13.5. The van der Waals surface area contributed by atoms with Gasteiger partial charge in [0.25, 0.3) is 0 Å². The Labute approximate surface area is 116 Å². The average molecular weight is 273 g/mol. The van der Waals surface area contributed by atoms with Gasteiger partial charge in [0.05, 0.1) is 12.2 Å². The highest BCUT2D eigenvalue weighted by Crippen LogP contribution is 2.11. The van der Waals surface area contributed by atoms with E-state index in [1.807, 2.05) is 30.3 Å². The van der Waals surface area contributed by atoms with E-state index in [1.165, 1.54) is 6.08 Å². The summed E-state index contributed by atoms with van der Waals surface area (Å²) >= 11 is 5.86. The summed E-state index contributed by atoms with van der Waals surface area (Å²) in [6.45, 7) is 0.416. The predicted molar refractivity (Wildman–Crippen MR) is 76.6 cm³/mol. The van der Waals surface area contributed by atoms with Gasteiger partial charge in [-0.1, -0.05) is 29.8 Å². The normalized spacial score (nSPS) is 10.6. The van der Waals surface area contributed by atoms with E-state index in [9.17, 15) is 4.79 Å². The summed E-state index contributed by atoms with van der Waals surface area (Å²) in [4.78, 5) is 15.7. The van der Waals surface area contributed by atoms with Gasteiger partial charge < -0.3 is 5.32 Å². The lowest BCUT2D eigenvalue weighted by Gasteiger charge is -2.01. The third-order valence-corrected chi connectivity index (χ3v) is 2.68. The number of hydrogen-bond acceptors (Lipinski definition) is 2. The van der Waals surface area contributed by atoms with E-state index in [0.29, 0.717) is 11.6 Å². The van der Waals surface area contributed by atoms with Crippen LogP contribution in [-0.4, -0.2) is 10.9 Å². The van der Waals surface area contributed by atoms with Crippen molar-refractivity contribution in [2.45, 2.75) is 6.54 Å².